The highest BCUT2D eigenvalue weighted by Gasteiger charge is 2.32. The van der Waals surface area contributed by atoms with Crippen LogP contribution in [0.5, 0.6) is 0 Å². The zero-order valence-corrected chi connectivity index (χ0v) is 15.5. The molecular formula is C18H28ClN3O3. The Balaban J connectivity index is 0.00000312. The van der Waals surface area contributed by atoms with Gasteiger partial charge >= 0.3 is 0 Å². The van der Waals surface area contributed by atoms with E-state index in [0.717, 1.165) is 18.4 Å². The maximum atomic E-state index is 12.9. The summed E-state index contributed by atoms with van der Waals surface area (Å²) in [5, 5.41) is 2.81. The SMILES string of the molecule is CCOC(C(=O)N1CCCC(C(=O)NCCN)C1)c1ccccc1.Cl. The minimum absolute atomic E-state index is 0. The summed E-state index contributed by atoms with van der Waals surface area (Å²) in [7, 11) is 0. The highest BCUT2D eigenvalue weighted by Crippen LogP contribution is 2.24. The van der Waals surface area contributed by atoms with Crippen molar-refractivity contribution in [1.29, 1.82) is 0 Å². The number of hydrogen-bond donors (Lipinski definition) is 2. The van der Waals surface area contributed by atoms with Gasteiger partial charge in [0.2, 0.25) is 5.91 Å². The normalized spacial score (nSPS) is 18.2. The van der Waals surface area contributed by atoms with Crippen LogP contribution >= 0.6 is 12.4 Å². The number of halogens is 1. The predicted octanol–water partition coefficient (Wildman–Crippen LogP) is 1.50. The standard InChI is InChI=1S/C18H27N3O3.ClH/c1-2-24-16(14-7-4-3-5-8-14)18(23)21-12-6-9-15(13-21)17(22)20-11-10-19;/h3-5,7-8,15-16H,2,6,9-13,19H2,1H3,(H,20,22);1H. The Morgan fingerprint density at radius 2 is 2.08 bits per heavy atom. The minimum atomic E-state index is -0.609. The maximum absolute atomic E-state index is 12.9. The number of nitrogens with two attached hydrogens (primary N) is 1. The quantitative estimate of drug-likeness (QED) is 0.762. The molecule has 1 aliphatic heterocycles. The van der Waals surface area contributed by atoms with E-state index in [1.165, 1.54) is 0 Å². The van der Waals surface area contributed by atoms with Crippen LogP contribution in [0.15, 0.2) is 30.3 Å². The molecule has 1 heterocycles. The van der Waals surface area contributed by atoms with Crippen LogP contribution in [0.4, 0.5) is 0 Å². The summed E-state index contributed by atoms with van der Waals surface area (Å²) < 4.78 is 5.70. The summed E-state index contributed by atoms with van der Waals surface area (Å²) in [6, 6.07) is 9.50. The number of hydrogen-bond acceptors (Lipinski definition) is 4. The van der Waals surface area contributed by atoms with Crippen LogP contribution < -0.4 is 11.1 Å². The van der Waals surface area contributed by atoms with Crippen molar-refractivity contribution < 1.29 is 14.3 Å². The van der Waals surface area contributed by atoms with Gasteiger partial charge in [0.05, 0.1) is 5.92 Å². The number of carbonyl (C=O) groups excluding carboxylic acids is 2. The first kappa shape index (κ1) is 21.4. The van der Waals surface area contributed by atoms with Gasteiger partial charge in [0.25, 0.3) is 5.91 Å². The zero-order valence-electron chi connectivity index (χ0n) is 14.6. The van der Waals surface area contributed by atoms with Gasteiger partial charge in [0, 0.05) is 32.8 Å². The summed E-state index contributed by atoms with van der Waals surface area (Å²) in [5.74, 6) is -0.266. The van der Waals surface area contributed by atoms with E-state index in [2.05, 4.69) is 5.32 Å². The van der Waals surface area contributed by atoms with Crippen LogP contribution in [0.3, 0.4) is 0 Å². The van der Waals surface area contributed by atoms with Crippen molar-refractivity contribution in [3.63, 3.8) is 0 Å². The summed E-state index contributed by atoms with van der Waals surface area (Å²) in [6.07, 6.45) is 1.01. The van der Waals surface area contributed by atoms with Crippen LogP contribution in [-0.2, 0) is 14.3 Å². The molecule has 1 aliphatic rings. The lowest BCUT2D eigenvalue weighted by atomic mass is 9.96. The number of nitrogens with one attached hydrogen (secondary N) is 1. The average molecular weight is 370 g/mol. The second kappa shape index (κ2) is 11.1. The molecule has 1 aromatic carbocycles. The number of rotatable bonds is 7. The Kier molecular flexibility index (Phi) is 9.49. The van der Waals surface area contributed by atoms with Crippen LogP contribution in [0.2, 0.25) is 0 Å². The van der Waals surface area contributed by atoms with Crippen molar-refractivity contribution >= 4 is 24.2 Å². The van der Waals surface area contributed by atoms with E-state index in [0.29, 0.717) is 32.8 Å². The highest BCUT2D eigenvalue weighted by atomic mass is 35.5. The topological polar surface area (TPSA) is 84.7 Å². The van der Waals surface area contributed by atoms with Crippen molar-refractivity contribution in [2.45, 2.75) is 25.9 Å². The molecule has 2 atom stereocenters. The largest absolute Gasteiger partial charge is 0.364 e. The molecule has 1 fully saturated rings. The number of likely N-dealkylation sites (tertiary alicyclic amines) is 1. The molecule has 25 heavy (non-hydrogen) atoms. The van der Waals surface area contributed by atoms with Crippen LogP contribution in [-0.4, -0.2) is 49.5 Å². The van der Waals surface area contributed by atoms with Gasteiger partial charge in [-0.25, -0.2) is 0 Å². The number of ether oxygens (including phenoxy) is 1. The molecule has 1 saturated heterocycles. The summed E-state index contributed by atoms with van der Waals surface area (Å²) in [6.45, 7) is 4.32. The third kappa shape index (κ3) is 5.99. The molecular weight excluding hydrogens is 342 g/mol. The Morgan fingerprint density at radius 1 is 1.36 bits per heavy atom. The maximum Gasteiger partial charge on any atom is 0.256 e. The number of benzene rings is 1. The van der Waals surface area contributed by atoms with Gasteiger partial charge in [0.1, 0.15) is 0 Å². The van der Waals surface area contributed by atoms with Crippen molar-refractivity contribution in [2.24, 2.45) is 11.7 Å². The molecule has 0 radical (unpaired) electrons. The number of carbonyl (C=O) groups is 2. The van der Waals surface area contributed by atoms with Gasteiger partial charge < -0.3 is 20.7 Å². The van der Waals surface area contributed by atoms with Crippen LogP contribution in [0, 0.1) is 5.92 Å². The third-order valence-electron chi connectivity index (χ3n) is 4.21. The van der Waals surface area contributed by atoms with E-state index in [1.807, 2.05) is 37.3 Å². The predicted molar refractivity (Wildman–Crippen MR) is 99.4 cm³/mol. The van der Waals surface area contributed by atoms with E-state index >= 15 is 0 Å². The molecule has 3 N–H and O–H groups in total. The van der Waals surface area contributed by atoms with E-state index in [1.54, 1.807) is 4.90 Å². The van der Waals surface area contributed by atoms with Crippen LogP contribution in [0.1, 0.15) is 31.4 Å². The Morgan fingerprint density at radius 3 is 2.72 bits per heavy atom. The molecule has 2 rings (SSSR count). The lowest BCUT2D eigenvalue weighted by Crippen LogP contribution is -2.47. The molecule has 0 aromatic heterocycles. The second-order valence-corrected chi connectivity index (χ2v) is 5.95. The van der Waals surface area contributed by atoms with Crippen molar-refractivity contribution in [3.05, 3.63) is 35.9 Å². The van der Waals surface area contributed by atoms with Crippen LogP contribution in [0.25, 0.3) is 0 Å². The molecule has 0 bridgehead atoms. The molecule has 140 valence electrons. The fourth-order valence-corrected chi connectivity index (χ4v) is 3.00. The molecule has 1 aromatic rings. The first-order chi connectivity index (χ1) is 11.7. The van der Waals surface area contributed by atoms with E-state index < -0.39 is 6.10 Å². The van der Waals surface area contributed by atoms with E-state index in [9.17, 15) is 9.59 Å². The fourth-order valence-electron chi connectivity index (χ4n) is 3.00. The van der Waals surface area contributed by atoms with Gasteiger partial charge in [-0.2, -0.15) is 0 Å². The van der Waals surface area contributed by atoms with Gasteiger partial charge in [-0.15, -0.1) is 12.4 Å². The molecule has 2 unspecified atom stereocenters. The molecule has 2 amide bonds. The lowest BCUT2D eigenvalue weighted by Gasteiger charge is -2.34. The average Bonchev–Trinajstić information content (AvgIpc) is 2.64. The highest BCUT2D eigenvalue weighted by molar-refractivity contribution is 5.85. The van der Waals surface area contributed by atoms with E-state index in [4.69, 9.17) is 10.5 Å². The van der Waals surface area contributed by atoms with Gasteiger partial charge in [-0.05, 0) is 25.3 Å². The number of piperidine rings is 1. The summed E-state index contributed by atoms with van der Waals surface area (Å²) in [4.78, 5) is 26.8. The zero-order chi connectivity index (χ0) is 17.4. The summed E-state index contributed by atoms with van der Waals surface area (Å²) in [5.41, 5.74) is 6.27. The van der Waals surface area contributed by atoms with Gasteiger partial charge in [-0.3, -0.25) is 9.59 Å². The third-order valence-corrected chi connectivity index (χ3v) is 4.21. The number of nitrogens with zero attached hydrogens (tertiary/aromatic N) is 1. The van der Waals surface area contributed by atoms with E-state index in [-0.39, 0.29) is 30.1 Å². The summed E-state index contributed by atoms with van der Waals surface area (Å²) >= 11 is 0. The molecule has 0 spiro atoms. The molecule has 0 aliphatic carbocycles. The second-order valence-electron chi connectivity index (χ2n) is 5.95. The molecule has 0 saturated carbocycles. The fraction of sp³-hybridized carbons (Fsp3) is 0.556. The smallest absolute Gasteiger partial charge is 0.256 e. The van der Waals surface area contributed by atoms with Gasteiger partial charge in [0.15, 0.2) is 6.10 Å². The first-order valence-corrected chi connectivity index (χ1v) is 8.60. The number of amides is 2. The molecule has 7 heteroatoms. The lowest BCUT2D eigenvalue weighted by molar-refractivity contribution is -0.147. The first-order valence-electron chi connectivity index (χ1n) is 8.60. The van der Waals surface area contributed by atoms with Gasteiger partial charge in [-0.1, -0.05) is 30.3 Å². The van der Waals surface area contributed by atoms with Crippen molar-refractivity contribution in [1.82, 2.24) is 10.2 Å². The molecule has 6 nitrogen and oxygen atoms in total. The Labute approximate surface area is 155 Å². The van der Waals surface area contributed by atoms with Crippen molar-refractivity contribution in [3.8, 4) is 0 Å². The monoisotopic (exact) mass is 369 g/mol. The Bertz CT molecular complexity index is 542. The van der Waals surface area contributed by atoms with Crippen molar-refractivity contribution in [2.75, 3.05) is 32.8 Å². The minimum Gasteiger partial charge on any atom is -0.364 e. The Hall–Kier alpha value is -1.63.